The SMILES string of the molecule is CCOc1ccccc1NC(=O)NCC(c1cccnc1)c1cn(C)c2ccccc12. The van der Waals surface area contributed by atoms with E-state index in [1.807, 2.05) is 68.7 Å². The Morgan fingerprint density at radius 1 is 1.10 bits per heavy atom. The molecule has 2 amide bonds. The first kappa shape index (κ1) is 20.5. The van der Waals surface area contributed by atoms with Gasteiger partial charge in [-0.25, -0.2) is 4.79 Å². The summed E-state index contributed by atoms with van der Waals surface area (Å²) in [7, 11) is 2.04. The second-order valence-electron chi connectivity index (χ2n) is 7.32. The van der Waals surface area contributed by atoms with E-state index in [9.17, 15) is 4.79 Å². The number of carbonyl (C=O) groups is 1. The fraction of sp³-hybridized carbons (Fsp3) is 0.200. The molecule has 1 unspecified atom stereocenters. The second-order valence-corrected chi connectivity index (χ2v) is 7.32. The number of rotatable bonds is 7. The third-order valence-electron chi connectivity index (χ3n) is 5.29. The largest absolute Gasteiger partial charge is 0.492 e. The molecule has 0 radical (unpaired) electrons. The van der Waals surface area contributed by atoms with Crippen molar-refractivity contribution in [1.29, 1.82) is 0 Å². The molecular formula is C25H26N4O2. The van der Waals surface area contributed by atoms with Gasteiger partial charge < -0.3 is 19.9 Å². The van der Waals surface area contributed by atoms with Gasteiger partial charge in [0.25, 0.3) is 0 Å². The Kier molecular flexibility index (Phi) is 6.17. The fourth-order valence-corrected chi connectivity index (χ4v) is 3.85. The smallest absolute Gasteiger partial charge is 0.319 e. The number of urea groups is 1. The van der Waals surface area contributed by atoms with E-state index in [0.717, 1.165) is 16.6 Å². The van der Waals surface area contributed by atoms with E-state index in [-0.39, 0.29) is 11.9 Å². The summed E-state index contributed by atoms with van der Waals surface area (Å²) in [6.45, 7) is 2.88. The predicted octanol–water partition coefficient (Wildman–Crippen LogP) is 4.93. The number of para-hydroxylation sites is 3. The molecule has 31 heavy (non-hydrogen) atoms. The number of anilines is 1. The number of benzene rings is 2. The Morgan fingerprint density at radius 3 is 2.71 bits per heavy atom. The molecule has 0 aliphatic carbocycles. The zero-order valence-electron chi connectivity index (χ0n) is 17.7. The maximum Gasteiger partial charge on any atom is 0.319 e. The molecule has 0 bridgehead atoms. The van der Waals surface area contributed by atoms with Crippen LogP contribution in [-0.2, 0) is 7.05 Å². The maximum atomic E-state index is 12.7. The monoisotopic (exact) mass is 414 g/mol. The summed E-state index contributed by atoms with van der Waals surface area (Å²) in [6.07, 6.45) is 5.75. The molecule has 4 rings (SSSR count). The summed E-state index contributed by atoms with van der Waals surface area (Å²) >= 11 is 0. The molecule has 2 heterocycles. The van der Waals surface area contributed by atoms with Gasteiger partial charge in [-0.1, -0.05) is 36.4 Å². The van der Waals surface area contributed by atoms with Crippen molar-refractivity contribution >= 4 is 22.6 Å². The van der Waals surface area contributed by atoms with E-state index in [4.69, 9.17) is 4.74 Å². The van der Waals surface area contributed by atoms with Crippen molar-refractivity contribution in [1.82, 2.24) is 14.9 Å². The third kappa shape index (κ3) is 4.53. The Bertz CT molecular complexity index is 1170. The normalized spacial score (nSPS) is 11.8. The van der Waals surface area contributed by atoms with Crippen molar-refractivity contribution in [2.75, 3.05) is 18.5 Å². The van der Waals surface area contributed by atoms with Gasteiger partial charge in [0.05, 0.1) is 12.3 Å². The summed E-state index contributed by atoms with van der Waals surface area (Å²) in [6, 6.07) is 19.4. The van der Waals surface area contributed by atoms with Crippen LogP contribution in [0.25, 0.3) is 10.9 Å². The average molecular weight is 415 g/mol. The van der Waals surface area contributed by atoms with Crippen LogP contribution in [0.15, 0.2) is 79.3 Å². The van der Waals surface area contributed by atoms with Crippen molar-refractivity contribution in [2.45, 2.75) is 12.8 Å². The van der Waals surface area contributed by atoms with Crippen LogP contribution >= 0.6 is 0 Å². The lowest BCUT2D eigenvalue weighted by Crippen LogP contribution is -2.33. The van der Waals surface area contributed by atoms with Crippen LogP contribution < -0.4 is 15.4 Å². The van der Waals surface area contributed by atoms with Gasteiger partial charge in [-0.2, -0.15) is 0 Å². The molecule has 6 nitrogen and oxygen atoms in total. The molecule has 0 aliphatic rings. The highest BCUT2D eigenvalue weighted by Gasteiger charge is 2.20. The van der Waals surface area contributed by atoms with Gasteiger partial charge in [0, 0.05) is 49.0 Å². The number of aryl methyl sites for hydroxylation is 1. The van der Waals surface area contributed by atoms with Gasteiger partial charge in [-0.15, -0.1) is 0 Å². The molecule has 0 aliphatic heterocycles. The molecule has 0 spiro atoms. The van der Waals surface area contributed by atoms with Crippen LogP contribution in [0, 0.1) is 0 Å². The van der Waals surface area contributed by atoms with Crippen molar-refractivity contribution in [2.24, 2.45) is 7.05 Å². The van der Waals surface area contributed by atoms with E-state index < -0.39 is 0 Å². The van der Waals surface area contributed by atoms with Gasteiger partial charge in [-0.05, 0) is 42.3 Å². The zero-order chi connectivity index (χ0) is 21.6. The number of nitrogens with zero attached hydrogens (tertiary/aromatic N) is 2. The quantitative estimate of drug-likeness (QED) is 0.451. The van der Waals surface area contributed by atoms with Gasteiger partial charge in [0.1, 0.15) is 5.75 Å². The van der Waals surface area contributed by atoms with Gasteiger partial charge in [-0.3, -0.25) is 4.98 Å². The topological polar surface area (TPSA) is 68.2 Å². The van der Waals surface area contributed by atoms with E-state index in [1.54, 1.807) is 6.20 Å². The number of ether oxygens (including phenoxy) is 1. The molecule has 2 N–H and O–H groups in total. The number of aromatic nitrogens is 2. The standard InChI is InChI=1S/C25H26N4O2/c1-3-31-24-13-7-5-11-22(24)28-25(30)27-16-20(18-9-8-14-26-15-18)21-17-29(2)23-12-6-4-10-19(21)23/h4-15,17,20H,3,16H2,1-2H3,(H2,27,28,30). The van der Waals surface area contributed by atoms with Crippen LogP contribution in [0.3, 0.4) is 0 Å². The number of hydrogen-bond donors (Lipinski definition) is 2. The highest BCUT2D eigenvalue weighted by atomic mass is 16.5. The van der Waals surface area contributed by atoms with Crippen LogP contribution in [0.2, 0.25) is 0 Å². The molecule has 0 saturated heterocycles. The van der Waals surface area contributed by atoms with Crippen LogP contribution in [0.5, 0.6) is 5.75 Å². The first-order chi connectivity index (χ1) is 15.2. The lowest BCUT2D eigenvalue weighted by Gasteiger charge is -2.18. The Morgan fingerprint density at radius 2 is 1.90 bits per heavy atom. The minimum Gasteiger partial charge on any atom is -0.492 e. The van der Waals surface area contributed by atoms with Gasteiger partial charge in [0.15, 0.2) is 0 Å². The second kappa shape index (κ2) is 9.34. The molecule has 4 aromatic rings. The van der Waals surface area contributed by atoms with Crippen molar-refractivity contribution < 1.29 is 9.53 Å². The van der Waals surface area contributed by atoms with E-state index in [1.165, 1.54) is 5.39 Å². The Labute approximate surface area is 181 Å². The van der Waals surface area contributed by atoms with Crippen LogP contribution in [0.4, 0.5) is 10.5 Å². The first-order valence-corrected chi connectivity index (χ1v) is 10.4. The van der Waals surface area contributed by atoms with Crippen molar-refractivity contribution in [3.63, 3.8) is 0 Å². The molecule has 6 heteroatoms. The number of hydrogen-bond acceptors (Lipinski definition) is 3. The summed E-state index contributed by atoms with van der Waals surface area (Å²) < 4.78 is 7.72. The summed E-state index contributed by atoms with van der Waals surface area (Å²) in [5, 5.41) is 7.10. The maximum absolute atomic E-state index is 12.7. The number of fused-ring (bicyclic) bond motifs is 1. The summed E-state index contributed by atoms with van der Waals surface area (Å²) in [4.78, 5) is 17.0. The van der Waals surface area contributed by atoms with Crippen molar-refractivity contribution in [3.8, 4) is 5.75 Å². The lowest BCUT2D eigenvalue weighted by atomic mass is 9.92. The molecule has 158 valence electrons. The minimum atomic E-state index is -0.277. The molecule has 2 aromatic heterocycles. The number of pyridine rings is 1. The number of amides is 2. The third-order valence-corrected chi connectivity index (χ3v) is 5.29. The van der Waals surface area contributed by atoms with Crippen LogP contribution in [0.1, 0.15) is 24.0 Å². The predicted molar refractivity (Wildman–Crippen MR) is 124 cm³/mol. The highest BCUT2D eigenvalue weighted by Crippen LogP contribution is 2.31. The zero-order valence-corrected chi connectivity index (χ0v) is 17.7. The summed E-state index contributed by atoms with van der Waals surface area (Å²) in [5.74, 6) is 0.616. The van der Waals surface area contributed by atoms with E-state index in [0.29, 0.717) is 24.6 Å². The van der Waals surface area contributed by atoms with E-state index in [2.05, 4.69) is 38.5 Å². The minimum absolute atomic E-state index is 0.0346. The van der Waals surface area contributed by atoms with Gasteiger partial charge in [0.2, 0.25) is 0 Å². The molecule has 2 aromatic carbocycles. The van der Waals surface area contributed by atoms with Crippen LogP contribution in [-0.4, -0.2) is 28.7 Å². The summed E-state index contributed by atoms with van der Waals surface area (Å²) in [5.41, 5.74) is 4.00. The van der Waals surface area contributed by atoms with Gasteiger partial charge >= 0.3 is 6.03 Å². The Hall–Kier alpha value is -3.80. The van der Waals surface area contributed by atoms with Crippen molar-refractivity contribution in [3.05, 3.63) is 90.4 Å². The highest BCUT2D eigenvalue weighted by molar-refractivity contribution is 5.91. The molecule has 0 saturated carbocycles. The first-order valence-electron chi connectivity index (χ1n) is 10.4. The fourth-order valence-electron chi connectivity index (χ4n) is 3.85. The lowest BCUT2D eigenvalue weighted by molar-refractivity contribution is 0.251. The molecular weight excluding hydrogens is 388 g/mol. The Balaban J connectivity index is 1.57. The number of carbonyl (C=O) groups excluding carboxylic acids is 1. The molecule has 1 atom stereocenters. The van der Waals surface area contributed by atoms with E-state index >= 15 is 0 Å². The average Bonchev–Trinajstić information content (AvgIpc) is 3.13. The molecule has 0 fully saturated rings. The number of nitrogens with one attached hydrogen (secondary N) is 2.